The molecule has 2 heterocycles. The molecule has 0 radical (unpaired) electrons. The lowest BCUT2D eigenvalue weighted by Crippen LogP contribution is -2.12. The van der Waals surface area contributed by atoms with Crippen molar-refractivity contribution < 1.29 is 0 Å². The first-order chi connectivity index (χ1) is 13.3. The standard InChI is InChI=1S/C22H17ClN4/c23-16-12-10-15(11-13-16)20-19-21(14-6-2-1-3-7-14)26-27-22(19)25-18-9-5-4-8-17(18)24-20/h1-13,20,24H,(H2,25,26,27)/t20-/m0/s1. The Bertz CT molecular complexity index is 1090. The number of para-hydroxylation sites is 2. The predicted octanol–water partition coefficient (Wildman–Crippen LogP) is 5.99. The average Bonchev–Trinajstić information content (AvgIpc) is 3.04. The van der Waals surface area contributed by atoms with E-state index >= 15 is 0 Å². The minimum Gasteiger partial charge on any atom is -0.372 e. The molecule has 5 heteroatoms. The largest absolute Gasteiger partial charge is 0.372 e. The Labute approximate surface area is 162 Å². The lowest BCUT2D eigenvalue weighted by Gasteiger charge is -2.20. The van der Waals surface area contributed by atoms with Gasteiger partial charge in [-0.3, -0.25) is 5.10 Å². The molecule has 0 saturated heterocycles. The number of H-pyrrole nitrogens is 1. The first-order valence-electron chi connectivity index (χ1n) is 8.81. The highest BCUT2D eigenvalue weighted by atomic mass is 35.5. The van der Waals surface area contributed by atoms with Crippen molar-refractivity contribution >= 4 is 28.8 Å². The zero-order valence-electron chi connectivity index (χ0n) is 14.4. The van der Waals surface area contributed by atoms with E-state index in [1.54, 1.807) is 0 Å². The normalized spacial score (nSPS) is 15.1. The van der Waals surface area contributed by atoms with Gasteiger partial charge >= 0.3 is 0 Å². The molecule has 0 amide bonds. The number of aromatic amines is 1. The summed E-state index contributed by atoms with van der Waals surface area (Å²) in [6.07, 6.45) is 0. The van der Waals surface area contributed by atoms with Crippen molar-refractivity contribution in [1.82, 2.24) is 10.2 Å². The predicted molar refractivity (Wildman–Crippen MR) is 111 cm³/mol. The first-order valence-corrected chi connectivity index (χ1v) is 9.19. The second kappa shape index (κ2) is 6.49. The number of anilines is 3. The summed E-state index contributed by atoms with van der Waals surface area (Å²) in [6, 6.07) is 26.3. The Morgan fingerprint density at radius 2 is 1.48 bits per heavy atom. The minimum absolute atomic E-state index is 0.0672. The summed E-state index contributed by atoms with van der Waals surface area (Å²) in [6.45, 7) is 0. The number of hydrogen-bond donors (Lipinski definition) is 3. The summed E-state index contributed by atoms with van der Waals surface area (Å²) < 4.78 is 0. The van der Waals surface area contributed by atoms with E-state index in [-0.39, 0.29) is 6.04 Å². The number of hydrogen-bond acceptors (Lipinski definition) is 3. The van der Waals surface area contributed by atoms with Crippen LogP contribution in [0.5, 0.6) is 0 Å². The molecule has 27 heavy (non-hydrogen) atoms. The van der Waals surface area contributed by atoms with Crippen LogP contribution in [0, 0.1) is 0 Å². The summed E-state index contributed by atoms with van der Waals surface area (Å²) in [5, 5.41) is 15.7. The van der Waals surface area contributed by atoms with E-state index < -0.39 is 0 Å². The second-order valence-corrected chi connectivity index (χ2v) is 6.96. The maximum atomic E-state index is 6.12. The molecule has 1 atom stereocenters. The molecule has 1 aliphatic heterocycles. The summed E-state index contributed by atoms with van der Waals surface area (Å²) >= 11 is 6.12. The zero-order chi connectivity index (χ0) is 18.2. The first kappa shape index (κ1) is 16.0. The third-order valence-electron chi connectivity index (χ3n) is 4.84. The Balaban J connectivity index is 1.72. The van der Waals surface area contributed by atoms with Crippen LogP contribution >= 0.6 is 11.6 Å². The van der Waals surface area contributed by atoms with Gasteiger partial charge in [-0.15, -0.1) is 0 Å². The van der Waals surface area contributed by atoms with Gasteiger partial charge in [-0.1, -0.05) is 66.2 Å². The molecule has 0 saturated carbocycles. The SMILES string of the molecule is Clc1ccc([C@@H]2Nc3ccccc3Nc3n[nH]c(-c4ccccc4)c32)cc1. The van der Waals surface area contributed by atoms with E-state index in [1.165, 1.54) is 0 Å². The van der Waals surface area contributed by atoms with Crippen molar-refractivity contribution in [2.24, 2.45) is 0 Å². The lowest BCUT2D eigenvalue weighted by atomic mass is 9.95. The van der Waals surface area contributed by atoms with Crippen LogP contribution in [0.2, 0.25) is 5.02 Å². The van der Waals surface area contributed by atoms with Crippen molar-refractivity contribution in [3.63, 3.8) is 0 Å². The molecule has 0 fully saturated rings. The molecule has 132 valence electrons. The van der Waals surface area contributed by atoms with Crippen molar-refractivity contribution in [2.45, 2.75) is 6.04 Å². The van der Waals surface area contributed by atoms with Crippen LogP contribution in [0.1, 0.15) is 17.2 Å². The number of fused-ring (bicyclic) bond motifs is 2. The van der Waals surface area contributed by atoms with Crippen LogP contribution in [-0.4, -0.2) is 10.2 Å². The minimum atomic E-state index is -0.0672. The van der Waals surface area contributed by atoms with Gasteiger partial charge in [-0.05, 0) is 35.4 Å². The Morgan fingerprint density at radius 3 is 2.26 bits per heavy atom. The van der Waals surface area contributed by atoms with Gasteiger partial charge in [0.1, 0.15) is 0 Å². The van der Waals surface area contributed by atoms with Crippen molar-refractivity contribution in [3.8, 4) is 11.3 Å². The number of aromatic nitrogens is 2. The molecule has 4 aromatic rings. The smallest absolute Gasteiger partial charge is 0.158 e. The maximum absolute atomic E-state index is 6.12. The lowest BCUT2D eigenvalue weighted by molar-refractivity contribution is 0.953. The molecular formula is C22H17ClN4. The highest BCUT2D eigenvalue weighted by molar-refractivity contribution is 6.30. The molecule has 0 bridgehead atoms. The quantitative estimate of drug-likeness (QED) is 0.405. The van der Waals surface area contributed by atoms with Gasteiger partial charge in [0.15, 0.2) is 5.82 Å². The van der Waals surface area contributed by atoms with Gasteiger partial charge < -0.3 is 10.6 Å². The fraction of sp³-hybridized carbons (Fsp3) is 0.0455. The monoisotopic (exact) mass is 372 g/mol. The fourth-order valence-corrected chi connectivity index (χ4v) is 3.66. The van der Waals surface area contributed by atoms with Crippen LogP contribution in [-0.2, 0) is 0 Å². The fourth-order valence-electron chi connectivity index (χ4n) is 3.53. The van der Waals surface area contributed by atoms with Crippen LogP contribution < -0.4 is 10.6 Å². The zero-order valence-corrected chi connectivity index (χ0v) is 15.2. The molecule has 0 aliphatic carbocycles. The molecule has 0 unspecified atom stereocenters. The van der Waals surface area contributed by atoms with Crippen molar-refractivity contribution in [1.29, 1.82) is 0 Å². The maximum Gasteiger partial charge on any atom is 0.158 e. The van der Waals surface area contributed by atoms with Gasteiger partial charge in [-0.2, -0.15) is 5.10 Å². The van der Waals surface area contributed by atoms with E-state index in [1.807, 2.05) is 48.5 Å². The number of nitrogens with zero attached hydrogens (tertiary/aromatic N) is 1. The average molecular weight is 373 g/mol. The highest BCUT2D eigenvalue weighted by Gasteiger charge is 2.28. The van der Waals surface area contributed by atoms with E-state index in [0.29, 0.717) is 0 Å². The van der Waals surface area contributed by atoms with Gasteiger partial charge in [0, 0.05) is 10.6 Å². The molecular weight excluding hydrogens is 356 g/mol. The van der Waals surface area contributed by atoms with Crippen LogP contribution in [0.25, 0.3) is 11.3 Å². The number of rotatable bonds is 2. The molecule has 4 nitrogen and oxygen atoms in total. The van der Waals surface area contributed by atoms with Crippen LogP contribution in [0.4, 0.5) is 17.2 Å². The van der Waals surface area contributed by atoms with Crippen LogP contribution in [0.15, 0.2) is 78.9 Å². The van der Waals surface area contributed by atoms with Gasteiger partial charge in [0.05, 0.1) is 23.1 Å². The molecule has 1 aromatic heterocycles. The topological polar surface area (TPSA) is 52.7 Å². The Morgan fingerprint density at radius 1 is 0.778 bits per heavy atom. The molecule has 1 aliphatic rings. The third kappa shape index (κ3) is 2.84. The summed E-state index contributed by atoms with van der Waals surface area (Å²) in [5.41, 5.74) is 6.34. The van der Waals surface area contributed by atoms with Crippen molar-refractivity contribution in [3.05, 3.63) is 95.0 Å². The van der Waals surface area contributed by atoms with Gasteiger partial charge in [-0.25, -0.2) is 0 Å². The Kier molecular flexibility index (Phi) is 3.84. The highest BCUT2D eigenvalue weighted by Crippen LogP contribution is 2.43. The third-order valence-corrected chi connectivity index (χ3v) is 5.09. The molecule has 3 N–H and O–H groups in total. The summed E-state index contributed by atoms with van der Waals surface area (Å²) in [7, 11) is 0. The van der Waals surface area contributed by atoms with E-state index in [4.69, 9.17) is 11.6 Å². The summed E-state index contributed by atoms with van der Waals surface area (Å²) in [5.74, 6) is 0.825. The van der Waals surface area contributed by atoms with E-state index in [0.717, 1.165) is 44.6 Å². The van der Waals surface area contributed by atoms with Crippen molar-refractivity contribution in [2.75, 3.05) is 10.6 Å². The van der Waals surface area contributed by atoms with Gasteiger partial charge in [0.25, 0.3) is 0 Å². The van der Waals surface area contributed by atoms with Gasteiger partial charge in [0.2, 0.25) is 0 Å². The van der Waals surface area contributed by atoms with Crippen LogP contribution in [0.3, 0.4) is 0 Å². The molecule has 3 aromatic carbocycles. The van der Waals surface area contributed by atoms with E-state index in [9.17, 15) is 0 Å². The number of nitrogens with one attached hydrogen (secondary N) is 3. The van der Waals surface area contributed by atoms with E-state index in [2.05, 4.69) is 51.2 Å². The Hall–Kier alpha value is -3.24. The summed E-state index contributed by atoms with van der Waals surface area (Å²) in [4.78, 5) is 0. The molecule has 0 spiro atoms. The molecule has 5 rings (SSSR count). The number of benzene rings is 3. The second-order valence-electron chi connectivity index (χ2n) is 6.53. The number of halogens is 1.